The first-order valence-electron chi connectivity index (χ1n) is 9.07. The van der Waals surface area contributed by atoms with Gasteiger partial charge in [-0.3, -0.25) is 4.79 Å². The van der Waals surface area contributed by atoms with Crippen molar-refractivity contribution in [3.63, 3.8) is 0 Å². The molecule has 4 rings (SSSR count). The minimum atomic E-state index is 0.141. The topological polar surface area (TPSA) is 32.3 Å². The van der Waals surface area contributed by atoms with Crippen molar-refractivity contribution in [1.29, 1.82) is 0 Å². The van der Waals surface area contributed by atoms with Gasteiger partial charge in [0.2, 0.25) is 5.91 Å². The molecule has 0 saturated heterocycles. The Balaban J connectivity index is 1.71. The van der Waals surface area contributed by atoms with Crippen molar-refractivity contribution in [3.8, 4) is 0 Å². The van der Waals surface area contributed by atoms with E-state index in [1.807, 2.05) is 11.0 Å². The second kappa shape index (κ2) is 6.40. The third-order valence-corrected chi connectivity index (χ3v) is 4.91. The van der Waals surface area contributed by atoms with Gasteiger partial charge in [-0.2, -0.15) is 0 Å². The van der Waals surface area contributed by atoms with Crippen molar-refractivity contribution in [3.05, 3.63) is 71.3 Å². The second-order valence-electron chi connectivity index (χ2n) is 7.15. The van der Waals surface area contributed by atoms with Gasteiger partial charge in [-0.15, -0.1) is 0 Å². The molecule has 128 valence electrons. The van der Waals surface area contributed by atoms with Crippen LogP contribution < -0.4 is 5.32 Å². The number of fused-ring (bicyclic) bond motifs is 1. The lowest BCUT2D eigenvalue weighted by molar-refractivity contribution is -0.126. The van der Waals surface area contributed by atoms with Crippen molar-refractivity contribution in [1.82, 2.24) is 4.90 Å². The standard InChI is InChI=1S/C22H24N2O/c1-15-12-22(24(16(2)25)19-9-10-19)20-14-18(8-11-21(20)23-15)13-17-6-4-3-5-7-17/h3-8,11-12,14-15,19,23H,9-10,13H2,1-2H3. The number of hydrogen-bond donors (Lipinski definition) is 1. The molecule has 0 radical (unpaired) electrons. The summed E-state index contributed by atoms with van der Waals surface area (Å²) in [6.45, 7) is 3.81. The molecule has 3 heteroatoms. The van der Waals surface area contributed by atoms with E-state index in [0.29, 0.717) is 6.04 Å². The Morgan fingerprint density at radius 3 is 2.56 bits per heavy atom. The lowest BCUT2D eigenvalue weighted by Gasteiger charge is -2.31. The molecule has 2 aromatic rings. The third-order valence-electron chi connectivity index (χ3n) is 4.91. The largest absolute Gasteiger partial charge is 0.378 e. The van der Waals surface area contributed by atoms with Crippen LogP contribution in [0.4, 0.5) is 5.69 Å². The molecule has 25 heavy (non-hydrogen) atoms. The Bertz CT molecular complexity index is 821. The number of anilines is 1. The van der Waals surface area contributed by atoms with Crippen LogP contribution >= 0.6 is 0 Å². The average molecular weight is 332 g/mol. The maximum absolute atomic E-state index is 12.3. The first-order valence-corrected chi connectivity index (χ1v) is 9.07. The number of hydrogen-bond acceptors (Lipinski definition) is 2. The minimum absolute atomic E-state index is 0.141. The smallest absolute Gasteiger partial charge is 0.224 e. The molecule has 1 atom stereocenters. The van der Waals surface area contributed by atoms with Gasteiger partial charge in [0, 0.05) is 30.3 Å². The van der Waals surface area contributed by atoms with Gasteiger partial charge in [-0.25, -0.2) is 0 Å². The van der Waals surface area contributed by atoms with E-state index in [4.69, 9.17) is 0 Å². The van der Waals surface area contributed by atoms with Crippen LogP contribution in [0.1, 0.15) is 43.4 Å². The number of nitrogens with one attached hydrogen (secondary N) is 1. The molecule has 0 spiro atoms. The van der Waals surface area contributed by atoms with Crippen LogP contribution in [0.3, 0.4) is 0 Å². The van der Waals surface area contributed by atoms with E-state index in [-0.39, 0.29) is 11.9 Å². The Kier molecular flexibility index (Phi) is 4.08. The van der Waals surface area contributed by atoms with Crippen LogP contribution in [0.15, 0.2) is 54.6 Å². The lowest BCUT2D eigenvalue weighted by Crippen LogP contribution is -2.33. The SMILES string of the molecule is CC(=O)N(C1=CC(C)Nc2ccc(Cc3ccccc3)cc21)C1CC1. The quantitative estimate of drug-likeness (QED) is 0.897. The molecule has 1 fully saturated rings. The summed E-state index contributed by atoms with van der Waals surface area (Å²) >= 11 is 0. The summed E-state index contributed by atoms with van der Waals surface area (Å²) in [4.78, 5) is 14.3. The molecule has 2 aromatic carbocycles. The summed E-state index contributed by atoms with van der Waals surface area (Å²) < 4.78 is 0. The van der Waals surface area contributed by atoms with Gasteiger partial charge in [0.1, 0.15) is 0 Å². The summed E-state index contributed by atoms with van der Waals surface area (Å²) in [5.74, 6) is 0.141. The highest BCUT2D eigenvalue weighted by Gasteiger charge is 2.35. The highest BCUT2D eigenvalue weighted by molar-refractivity contribution is 5.90. The fourth-order valence-electron chi connectivity index (χ4n) is 3.65. The molecular formula is C22H24N2O. The van der Waals surface area contributed by atoms with Crippen LogP contribution in [-0.2, 0) is 11.2 Å². The number of rotatable bonds is 4. The molecule has 3 nitrogen and oxygen atoms in total. The van der Waals surface area contributed by atoms with E-state index in [9.17, 15) is 4.79 Å². The summed E-state index contributed by atoms with van der Waals surface area (Å²) in [7, 11) is 0. The number of nitrogens with zero attached hydrogens (tertiary/aromatic N) is 1. The monoisotopic (exact) mass is 332 g/mol. The van der Waals surface area contributed by atoms with E-state index in [1.165, 1.54) is 11.1 Å². The second-order valence-corrected chi connectivity index (χ2v) is 7.15. The molecule has 2 aliphatic rings. The maximum Gasteiger partial charge on any atom is 0.224 e. The number of amides is 1. The highest BCUT2D eigenvalue weighted by Crippen LogP contribution is 2.39. The van der Waals surface area contributed by atoms with Crippen molar-refractivity contribution in [2.45, 2.75) is 45.2 Å². The first kappa shape index (κ1) is 15.9. The Morgan fingerprint density at radius 2 is 1.88 bits per heavy atom. The van der Waals surface area contributed by atoms with Crippen molar-refractivity contribution in [2.75, 3.05) is 5.32 Å². The van der Waals surface area contributed by atoms with Crippen LogP contribution in [0.2, 0.25) is 0 Å². The number of carbonyl (C=O) groups excluding carboxylic acids is 1. The molecule has 1 saturated carbocycles. The zero-order valence-electron chi connectivity index (χ0n) is 14.8. The Morgan fingerprint density at radius 1 is 1.12 bits per heavy atom. The molecule has 1 N–H and O–H groups in total. The van der Waals surface area contributed by atoms with Gasteiger partial charge in [0.25, 0.3) is 0 Å². The minimum Gasteiger partial charge on any atom is -0.378 e. The Hall–Kier alpha value is -2.55. The highest BCUT2D eigenvalue weighted by atomic mass is 16.2. The van der Waals surface area contributed by atoms with Gasteiger partial charge in [0.05, 0.1) is 5.70 Å². The van der Waals surface area contributed by atoms with E-state index in [1.54, 1.807) is 6.92 Å². The van der Waals surface area contributed by atoms with Crippen LogP contribution in [-0.4, -0.2) is 22.9 Å². The van der Waals surface area contributed by atoms with E-state index < -0.39 is 0 Å². The summed E-state index contributed by atoms with van der Waals surface area (Å²) in [5.41, 5.74) is 5.91. The van der Waals surface area contributed by atoms with Crippen LogP contribution in [0.25, 0.3) is 5.70 Å². The summed E-state index contributed by atoms with van der Waals surface area (Å²) in [5, 5.41) is 3.52. The molecule has 1 aliphatic carbocycles. The van der Waals surface area contributed by atoms with Gasteiger partial charge in [-0.05, 0) is 55.5 Å². The predicted molar refractivity (Wildman–Crippen MR) is 102 cm³/mol. The lowest BCUT2D eigenvalue weighted by atomic mass is 9.96. The van der Waals surface area contributed by atoms with E-state index >= 15 is 0 Å². The molecule has 1 unspecified atom stereocenters. The van der Waals surface area contributed by atoms with Crippen molar-refractivity contribution >= 4 is 17.3 Å². The Labute approximate surface area is 149 Å². The molecular weight excluding hydrogens is 308 g/mol. The number of carbonyl (C=O) groups is 1. The maximum atomic E-state index is 12.3. The van der Waals surface area contributed by atoms with Crippen molar-refractivity contribution in [2.24, 2.45) is 0 Å². The normalized spacial score (nSPS) is 18.8. The van der Waals surface area contributed by atoms with E-state index in [0.717, 1.165) is 36.2 Å². The first-order chi connectivity index (χ1) is 12.1. The zero-order valence-corrected chi connectivity index (χ0v) is 14.8. The van der Waals surface area contributed by atoms with Crippen molar-refractivity contribution < 1.29 is 4.79 Å². The number of benzene rings is 2. The summed E-state index contributed by atoms with van der Waals surface area (Å²) in [6.07, 6.45) is 5.31. The third kappa shape index (κ3) is 3.32. The van der Waals surface area contributed by atoms with Gasteiger partial charge >= 0.3 is 0 Å². The van der Waals surface area contributed by atoms with Gasteiger partial charge in [0.15, 0.2) is 0 Å². The van der Waals surface area contributed by atoms with Crippen LogP contribution in [0.5, 0.6) is 0 Å². The fraction of sp³-hybridized carbons (Fsp3) is 0.318. The van der Waals surface area contributed by atoms with E-state index in [2.05, 4.69) is 60.8 Å². The molecule has 0 bridgehead atoms. The van der Waals surface area contributed by atoms with Gasteiger partial charge in [-0.1, -0.05) is 36.4 Å². The van der Waals surface area contributed by atoms with Gasteiger partial charge < -0.3 is 10.2 Å². The average Bonchev–Trinajstić information content (AvgIpc) is 3.41. The molecule has 1 aliphatic heterocycles. The summed E-state index contributed by atoms with van der Waals surface area (Å²) in [6, 6.07) is 17.7. The van der Waals surface area contributed by atoms with Crippen LogP contribution in [0, 0.1) is 0 Å². The predicted octanol–water partition coefficient (Wildman–Crippen LogP) is 4.44. The molecule has 1 amide bonds. The molecule has 0 aromatic heterocycles. The fourth-order valence-corrected chi connectivity index (χ4v) is 3.65. The zero-order chi connectivity index (χ0) is 17.4. The molecule has 1 heterocycles.